The first-order chi connectivity index (χ1) is 9.27. The Morgan fingerprint density at radius 2 is 2.20 bits per heavy atom. The van der Waals surface area contributed by atoms with Crippen LogP contribution in [0.15, 0.2) is 6.07 Å². The van der Waals surface area contributed by atoms with E-state index < -0.39 is 12.2 Å². The highest BCUT2D eigenvalue weighted by Crippen LogP contribution is 2.30. The number of nitrogens with zero attached hydrogens (tertiary/aromatic N) is 2. The Kier molecular flexibility index (Phi) is 4.03. The summed E-state index contributed by atoms with van der Waals surface area (Å²) in [7, 11) is 1.43. The van der Waals surface area contributed by atoms with Crippen molar-refractivity contribution < 1.29 is 18.0 Å². The third-order valence-corrected chi connectivity index (χ3v) is 3.48. The van der Waals surface area contributed by atoms with Crippen molar-refractivity contribution >= 4 is 5.91 Å². The molecule has 0 saturated carbocycles. The maximum Gasteiger partial charge on any atom is 0.404 e. The van der Waals surface area contributed by atoms with Crippen molar-refractivity contribution in [3.63, 3.8) is 0 Å². The lowest BCUT2D eigenvalue weighted by Crippen LogP contribution is -2.54. The summed E-state index contributed by atoms with van der Waals surface area (Å²) in [6.45, 7) is 1.95. The molecule has 20 heavy (non-hydrogen) atoms. The van der Waals surface area contributed by atoms with Crippen LogP contribution in [0.4, 0.5) is 13.2 Å². The van der Waals surface area contributed by atoms with Crippen molar-refractivity contribution in [2.75, 3.05) is 13.6 Å². The first kappa shape index (κ1) is 14.8. The number of likely N-dealkylation sites (N-methyl/N-ethyl adjacent to an activating group) is 1. The second-order valence-corrected chi connectivity index (χ2v) is 5.18. The summed E-state index contributed by atoms with van der Waals surface area (Å²) >= 11 is 0. The third kappa shape index (κ3) is 3.30. The number of H-pyrrole nitrogens is 1. The first-order valence-electron chi connectivity index (χ1n) is 6.37. The lowest BCUT2D eigenvalue weighted by atomic mass is 9.98. The first-order valence-corrected chi connectivity index (χ1v) is 6.37. The average molecular weight is 290 g/mol. The van der Waals surface area contributed by atoms with Crippen LogP contribution in [-0.2, 0) is 0 Å². The molecule has 2 unspecified atom stereocenters. The standard InChI is InChI=1S/C12H17F3N4O/c1-7-5-9(18-17-7)11(20)16-8-3-4-10(12(13,14)15)19(2)6-8/h5,8,10H,3-4,6H2,1-2H3,(H,16,20)(H,17,18). The molecule has 0 aliphatic carbocycles. The number of amides is 1. The molecule has 0 radical (unpaired) electrons. The number of rotatable bonds is 2. The molecule has 1 aromatic rings. The van der Waals surface area contributed by atoms with Gasteiger partial charge in [0.05, 0.1) is 0 Å². The van der Waals surface area contributed by atoms with E-state index in [0.717, 1.165) is 5.69 Å². The van der Waals surface area contributed by atoms with Gasteiger partial charge in [0.2, 0.25) is 0 Å². The second-order valence-electron chi connectivity index (χ2n) is 5.18. The highest BCUT2D eigenvalue weighted by Gasteiger charge is 2.44. The maximum atomic E-state index is 12.7. The van der Waals surface area contributed by atoms with Crippen LogP contribution in [0.25, 0.3) is 0 Å². The molecule has 1 aliphatic heterocycles. The maximum absolute atomic E-state index is 12.7. The van der Waals surface area contributed by atoms with E-state index in [9.17, 15) is 18.0 Å². The summed E-state index contributed by atoms with van der Waals surface area (Å²) in [4.78, 5) is 13.1. The summed E-state index contributed by atoms with van der Waals surface area (Å²) < 4.78 is 38.1. The molecule has 1 aliphatic rings. The van der Waals surface area contributed by atoms with Crippen LogP contribution in [-0.4, -0.2) is 52.9 Å². The minimum atomic E-state index is -4.22. The summed E-state index contributed by atoms with van der Waals surface area (Å²) in [5, 5.41) is 9.20. The zero-order valence-electron chi connectivity index (χ0n) is 11.3. The molecule has 1 fully saturated rings. The van der Waals surface area contributed by atoms with Crippen LogP contribution in [0.3, 0.4) is 0 Å². The Labute approximate surface area is 114 Å². The number of halogens is 3. The van der Waals surface area contributed by atoms with E-state index in [1.807, 2.05) is 0 Å². The molecular weight excluding hydrogens is 273 g/mol. The molecular formula is C12H17F3N4O. The number of aryl methyl sites for hydroxylation is 1. The SMILES string of the molecule is Cc1cc(C(=O)NC2CCC(C(F)(F)F)N(C)C2)n[nH]1. The van der Waals surface area contributed by atoms with Gasteiger partial charge in [0, 0.05) is 18.3 Å². The fourth-order valence-electron chi connectivity index (χ4n) is 2.47. The number of carbonyl (C=O) groups is 1. The predicted molar refractivity (Wildman–Crippen MR) is 66.3 cm³/mol. The average Bonchev–Trinajstić information content (AvgIpc) is 2.74. The van der Waals surface area contributed by atoms with Crippen molar-refractivity contribution in [3.05, 3.63) is 17.5 Å². The molecule has 0 bridgehead atoms. The number of nitrogens with one attached hydrogen (secondary N) is 2. The van der Waals surface area contributed by atoms with Crippen LogP contribution >= 0.6 is 0 Å². The monoisotopic (exact) mass is 290 g/mol. The molecule has 2 rings (SSSR count). The molecule has 5 nitrogen and oxygen atoms in total. The number of carbonyl (C=O) groups excluding carboxylic acids is 1. The van der Waals surface area contributed by atoms with Crippen molar-refractivity contribution in [1.82, 2.24) is 20.4 Å². The highest BCUT2D eigenvalue weighted by molar-refractivity contribution is 5.92. The number of piperidine rings is 1. The number of hydrogen-bond donors (Lipinski definition) is 2. The molecule has 0 aromatic carbocycles. The van der Waals surface area contributed by atoms with Crippen molar-refractivity contribution in [3.8, 4) is 0 Å². The third-order valence-electron chi connectivity index (χ3n) is 3.48. The van der Waals surface area contributed by atoms with E-state index in [1.54, 1.807) is 13.0 Å². The topological polar surface area (TPSA) is 61.0 Å². The van der Waals surface area contributed by atoms with Crippen molar-refractivity contribution in [2.45, 2.75) is 38.0 Å². The van der Waals surface area contributed by atoms with E-state index >= 15 is 0 Å². The van der Waals surface area contributed by atoms with Gasteiger partial charge in [-0.2, -0.15) is 18.3 Å². The molecule has 2 N–H and O–H groups in total. The van der Waals surface area contributed by atoms with E-state index in [-0.39, 0.29) is 30.6 Å². The molecule has 1 amide bonds. The fraction of sp³-hybridized carbons (Fsp3) is 0.667. The van der Waals surface area contributed by atoms with E-state index in [0.29, 0.717) is 6.42 Å². The predicted octanol–water partition coefficient (Wildman–Crippen LogP) is 1.47. The quantitative estimate of drug-likeness (QED) is 0.867. The normalized spacial score (nSPS) is 24.6. The van der Waals surface area contributed by atoms with Gasteiger partial charge < -0.3 is 5.32 Å². The molecule has 1 aromatic heterocycles. The minimum absolute atomic E-state index is 0.00938. The molecule has 0 spiro atoms. The lowest BCUT2D eigenvalue weighted by Gasteiger charge is -2.38. The zero-order chi connectivity index (χ0) is 14.9. The number of aromatic nitrogens is 2. The molecule has 8 heteroatoms. The van der Waals surface area contributed by atoms with Crippen LogP contribution in [0.2, 0.25) is 0 Å². The minimum Gasteiger partial charge on any atom is -0.347 e. The van der Waals surface area contributed by atoms with Gasteiger partial charge in [0.1, 0.15) is 11.7 Å². The molecule has 2 heterocycles. The summed E-state index contributed by atoms with van der Waals surface area (Å²) in [5.74, 6) is -0.363. The number of likely N-dealkylation sites (tertiary alicyclic amines) is 1. The van der Waals surface area contributed by atoms with Gasteiger partial charge in [-0.05, 0) is 32.9 Å². The Balaban J connectivity index is 1.92. The van der Waals surface area contributed by atoms with Crippen LogP contribution < -0.4 is 5.32 Å². The smallest absolute Gasteiger partial charge is 0.347 e. The van der Waals surface area contributed by atoms with Gasteiger partial charge in [0.15, 0.2) is 0 Å². The van der Waals surface area contributed by atoms with Gasteiger partial charge in [-0.25, -0.2) is 0 Å². The summed E-state index contributed by atoms with van der Waals surface area (Å²) in [6.07, 6.45) is -3.92. The summed E-state index contributed by atoms with van der Waals surface area (Å²) in [6, 6.07) is -0.119. The van der Waals surface area contributed by atoms with Gasteiger partial charge >= 0.3 is 6.18 Å². The molecule has 2 atom stereocenters. The zero-order valence-corrected chi connectivity index (χ0v) is 11.3. The van der Waals surface area contributed by atoms with E-state index in [4.69, 9.17) is 0 Å². The van der Waals surface area contributed by atoms with Gasteiger partial charge in [-0.1, -0.05) is 0 Å². The Bertz CT molecular complexity index is 485. The van der Waals surface area contributed by atoms with Gasteiger partial charge in [-0.15, -0.1) is 0 Å². The van der Waals surface area contributed by atoms with Crippen molar-refractivity contribution in [1.29, 1.82) is 0 Å². The Morgan fingerprint density at radius 1 is 1.50 bits per heavy atom. The molecule has 1 saturated heterocycles. The van der Waals surface area contributed by atoms with Crippen LogP contribution in [0.1, 0.15) is 29.0 Å². The van der Waals surface area contributed by atoms with E-state index in [1.165, 1.54) is 11.9 Å². The number of hydrogen-bond acceptors (Lipinski definition) is 3. The van der Waals surface area contributed by atoms with Crippen LogP contribution in [0, 0.1) is 6.92 Å². The van der Waals surface area contributed by atoms with Crippen LogP contribution in [0.5, 0.6) is 0 Å². The van der Waals surface area contributed by atoms with Gasteiger partial charge in [-0.3, -0.25) is 14.8 Å². The lowest BCUT2D eigenvalue weighted by molar-refractivity contribution is -0.188. The Hall–Kier alpha value is -1.57. The fourth-order valence-corrected chi connectivity index (χ4v) is 2.47. The second kappa shape index (κ2) is 5.43. The number of aromatic amines is 1. The van der Waals surface area contributed by atoms with Gasteiger partial charge in [0.25, 0.3) is 5.91 Å². The van der Waals surface area contributed by atoms with E-state index in [2.05, 4.69) is 15.5 Å². The largest absolute Gasteiger partial charge is 0.404 e. The number of alkyl halides is 3. The van der Waals surface area contributed by atoms with Crippen molar-refractivity contribution in [2.24, 2.45) is 0 Å². The summed E-state index contributed by atoms with van der Waals surface area (Å²) in [5.41, 5.74) is 1.01. The Morgan fingerprint density at radius 3 is 2.70 bits per heavy atom. The molecule has 112 valence electrons. The highest BCUT2D eigenvalue weighted by atomic mass is 19.4.